The van der Waals surface area contributed by atoms with Crippen molar-refractivity contribution in [3.8, 4) is 0 Å². The molecular weight excluding hydrogens is 324 g/mol. The summed E-state index contributed by atoms with van der Waals surface area (Å²) in [6, 6.07) is 15.4. The summed E-state index contributed by atoms with van der Waals surface area (Å²) in [6.07, 6.45) is 0.941. The first-order chi connectivity index (χ1) is 9.15. The number of halogens is 2. The van der Waals surface area contributed by atoms with E-state index in [2.05, 4.69) is 15.9 Å². The van der Waals surface area contributed by atoms with Crippen molar-refractivity contribution in [2.24, 2.45) is 5.92 Å². The minimum absolute atomic E-state index is 0.127. The Morgan fingerprint density at radius 3 is 2.32 bits per heavy atom. The molecule has 0 saturated heterocycles. The summed E-state index contributed by atoms with van der Waals surface area (Å²) in [6.45, 7) is 0. The Hall–Kier alpha value is -1.12. The maximum Gasteiger partial charge on any atom is 0.166 e. The third kappa shape index (κ3) is 2.75. The minimum atomic E-state index is 0.127. The molecule has 0 heterocycles. The average molecular weight is 336 g/mol. The average Bonchev–Trinajstić information content (AvgIpc) is 3.20. The van der Waals surface area contributed by atoms with Crippen molar-refractivity contribution >= 4 is 33.3 Å². The van der Waals surface area contributed by atoms with Crippen LogP contribution >= 0.6 is 27.5 Å². The highest BCUT2D eigenvalue weighted by atomic mass is 79.9. The van der Waals surface area contributed by atoms with Gasteiger partial charge in [-0.05, 0) is 42.2 Å². The van der Waals surface area contributed by atoms with Crippen molar-refractivity contribution in [1.29, 1.82) is 0 Å². The van der Waals surface area contributed by atoms with Gasteiger partial charge in [0.2, 0.25) is 0 Å². The van der Waals surface area contributed by atoms with Crippen LogP contribution in [0.5, 0.6) is 0 Å². The van der Waals surface area contributed by atoms with Crippen LogP contribution in [0.15, 0.2) is 53.0 Å². The van der Waals surface area contributed by atoms with E-state index in [9.17, 15) is 4.79 Å². The van der Waals surface area contributed by atoms with E-state index >= 15 is 0 Å². The minimum Gasteiger partial charge on any atom is -0.294 e. The number of ketones is 1. The molecule has 19 heavy (non-hydrogen) atoms. The Bertz CT molecular complexity index is 604. The molecule has 3 heteroatoms. The van der Waals surface area contributed by atoms with Gasteiger partial charge in [-0.1, -0.05) is 51.8 Å². The number of Topliss-reactive ketones (excluding diaryl/α,β-unsaturated/α-hetero) is 1. The van der Waals surface area contributed by atoms with Crippen LogP contribution in [-0.4, -0.2) is 5.78 Å². The normalized spacial score (nSPS) is 21.2. The Morgan fingerprint density at radius 1 is 1.05 bits per heavy atom. The highest BCUT2D eigenvalue weighted by molar-refractivity contribution is 9.10. The van der Waals surface area contributed by atoms with E-state index in [0.717, 1.165) is 21.5 Å². The van der Waals surface area contributed by atoms with Crippen LogP contribution in [0, 0.1) is 5.92 Å². The fraction of sp³-hybridized carbons (Fsp3) is 0.188. The monoisotopic (exact) mass is 334 g/mol. The van der Waals surface area contributed by atoms with Gasteiger partial charge in [0.05, 0.1) is 0 Å². The first-order valence-corrected chi connectivity index (χ1v) is 7.37. The summed E-state index contributed by atoms with van der Waals surface area (Å²) in [7, 11) is 0. The van der Waals surface area contributed by atoms with Gasteiger partial charge in [-0.25, -0.2) is 0 Å². The summed E-state index contributed by atoms with van der Waals surface area (Å²) in [4.78, 5) is 12.3. The van der Waals surface area contributed by atoms with Crippen molar-refractivity contribution in [2.75, 3.05) is 0 Å². The van der Waals surface area contributed by atoms with E-state index < -0.39 is 0 Å². The number of hydrogen-bond acceptors (Lipinski definition) is 1. The standard InChI is InChI=1S/C16H12BrClO/c17-12-5-1-11(2-6-12)16(19)15-9-14(15)10-3-7-13(18)8-4-10/h1-8,14-15H,9H2/t14-,15-/m1/s1. The molecule has 0 N–H and O–H groups in total. The Morgan fingerprint density at radius 2 is 1.68 bits per heavy atom. The number of hydrogen-bond donors (Lipinski definition) is 0. The third-order valence-corrected chi connectivity index (χ3v) is 4.33. The Balaban J connectivity index is 1.74. The lowest BCUT2D eigenvalue weighted by atomic mass is 10.0. The van der Waals surface area contributed by atoms with Crippen molar-refractivity contribution < 1.29 is 4.79 Å². The highest BCUT2D eigenvalue weighted by Gasteiger charge is 2.43. The second-order valence-corrected chi connectivity index (χ2v) is 6.22. The first kappa shape index (κ1) is 12.9. The molecule has 0 amide bonds. The fourth-order valence-corrected chi connectivity index (χ4v) is 2.78. The van der Waals surface area contributed by atoms with Gasteiger partial charge in [-0.2, -0.15) is 0 Å². The fourth-order valence-electron chi connectivity index (χ4n) is 2.39. The number of rotatable bonds is 3. The zero-order valence-corrected chi connectivity index (χ0v) is 12.5. The lowest BCUT2D eigenvalue weighted by Crippen LogP contribution is -2.02. The van der Waals surface area contributed by atoms with Gasteiger partial charge in [0.25, 0.3) is 0 Å². The highest BCUT2D eigenvalue weighted by Crippen LogP contribution is 2.49. The van der Waals surface area contributed by atoms with Gasteiger partial charge >= 0.3 is 0 Å². The summed E-state index contributed by atoms with van der Waals surface area (Å²) < 4.78 is 0.995. The second kappa shape index (κ2) is 5.10. The van der Waals surface area contributed by atoms with Crippen LogP contribution in [0.1, 0.15) is 28.3 Å². The summed E-state index contributed by atoms with van der Waals surface area (Å²) in [5, 5.41) is 0.736. The molecule has 1 aliphatic carbocycles. The van der Waals surface area contributed by atoms with E-state index in [1.54, 1.807) is 0 Å². The second-order valence-electron chi connectivity index (χ2n) is 4.87. The van der Waals surface area contributed by atoms with Crippen LogP contribution in [0.25, 0.3) is 0 Å². The molecule has 0 aromatic heterocycles. The summed E-state index contributed by atoms with van der Waals surface area (Å²) in [5.74, 6) is 0.725. The van der Waals surface area contributed by atoms with Gasteiger partial charge in [0, 0.05) is 21.0 Å². The largest absolute Gasteiger partial charge is 0.294 e. The molecule has 0 aliphatic heterocycles. The molecule has 1 fully saturated rings. The summed E-state index contributed by atoms with van der Waals surface area (Å²) >= 11 is 9.25. The zero-order valence-electron chi connectivity index (χ0n) is 10.1. The molecule has 1 aliphatic rings. The molecule has 0 unspecified atom stereocenters. The SMILES string of the molecule is O=C(c1ccc(Br)cc1)[C@@H]1C[C@@H]1c1ccc(Cl)cc1. The predicted octanol–water partition coefficient (Wildman–Crippen LogP) is 5.09. The van der Waals surface area contributed by atoms with Crippen molar-refractivity contribution in [2.45, 2.75) is 12.3 Å². The topological polar surface area (TPSA) is 17.1 Å². The smallest absolute Gasteiger partial charge is 0.166 e. The van der Waals surface area contributed by atoms with Gasteiger partial charge < -0.3 is 0 Å². The molecule has 0 spiro atoms. The third-order valence-electron chi connectivity index (χ3n) is 3.55. The molecule has 1 saturated carbocycles. The van der Waals surface area contributed by atoms with E-state index in [4.69, 9.17) is 11.6 Å². The van der Waals surface area contributed by atoms with E-state index in [-0.39, 0.29) is 11.7 Å². The molecule has 2 atom stereocenters. The van der Waals surface area contributed by atoms with Crippen molar-refractivity contribution in [3.63, 3.8) is 0 Å². The van der Waals surface area contributed by atoms with Gasteiger partial charge in [0.1, 0.15) is 0 Å². The van der Waals surface area contributed by atoms with Crippen molar-refractivity contribution in [3.05, 3.63) is 69.2 Å². The summed E-state index contributed by atoms with van der Waals surface area (Å²) in [5.41, 5.74) is 2.00. The van der Waals surface area contributed by atoms with Gasteiger partial charge in [-0.3, -0.25) is 4.79 Å². The van der Waals surface area contributed by atoms with Crippen LogP contribution in [0.2, 0.25) is 5.02 Å². The van der Waals surface area contributed by atoms with Crippen LogP contribution in [0.3, 0.4) is 0 Å². The molecular formula is C16H12BrClO. The van der Waals surface area contributed by atoms with Crippen molar-refractivity contribution in [1.82, 2.24) is 0 Å². The molecule has 0 radical (unpaired) electrons. The van der Waals surface area contributed by atoms with Crippen LogP contribution in [-0.2, 0) is 0 Å². The van der Waals surface area contributed by atoms with E-state index in [1.807, 2.05) is 48.5 Å². The van der Waals surface area contributed by atoms with Crippen LogP contribution in [0.4, 0.5) is 0 Å². The molecule has 96 valence electrons. The Kier molecular flexibility index (Phi) is 3.46. The maximum atomic E-state index is 12.3. The first-order valence-electron chi connectivity index (χ1n) is 6.20. The molecule has 1 nitrogen and oxygen atoms in total. The quantitative estimate of drug-likeness (QED) is 0.714. The number of carbonyl (C=O) groups excluding carboxylic acids is 1. The molecule has 0 bridgehead atoms. The van der Waals surface area contributed by atoms with Gasteiger partial charge in [-0.15, -0.1) is 0 Å². The molecule has 2 aromatic rings. The van der Waals surface area contributed by atoms with E-state index in [1.165, 1.54) is 5.56 Å². The lowest BCUT2D eigenvalue weighted by Gasteiger charge is -2.02. The molecule has 3 rings (SSSR count). The van der Waals surface area contributed by atoms with E-state index in [0.29, 0.717) is 5.92 Å². The number of benzene rings is 2. The van der Waals surface area contributed by atoms with Gasteiger partial charge in [0.15, 0.2) is 5.78 Å². The lowest BCUT2D eigenvalue weighted by molar-refractivity contribution is 0.0965. The Labute approximate surface area is 125 Å². The predicted molar refractivity (Wildman–Crippen MR) is 80.8 cm³/mol. The zero-order chi connectivity index (χ0) is 13.4. The molecule has 2 aromatic carbocycles. The maximum absolute atomic E-state index is 12.3. The van der Waals surface area contributed by atoms with Crippen LogP contribution < -0.4 is 0 Å². The number of carbonyl (C=O) groups is 1.